The molecule has 106 valence electrons. The summed E-state index contributed by atoms with van der Waals surface area (Å²) >= 11 is 0. The minimum absolute atomic E-state index is 0.0210. The smallest absolute Gasteiger partial charge is 0.251 e. The summed E-state index contributed by atoms with van der Waals surface area (Å²) < 4.78 is 31.2. The Labute approximate surface area is 115 Å². The molecule has 0 bridgehead atoms. The van der Waals surface area contributed by atoms with Crippen LogP contribution >= 0.6 is 0 Å². The highest BCUT2D eigenvalue weighted by Gasteiger charge is 2.12. The molecule has 0 aliphatic rings. The minimum atomic E-state index is -0.765. The molecule has 1 aromatic heterocycles. The SMILES string of the molecule is CC(CCc1ccco1)NC(=O)c1cc(F)cc(F)c1. The van der Waals surface area contributed by atoms with Crippen molar-refractivity contribution >= 4 is 5.91 Å². The molecule has 5 heteroatoms. The van der Waals surface area contributed by atoms with Crippen molar-refractivity contribution in [1.82, 2.24) is 5.32 Å². The third-order valence-electron chi connectivity index (χ3n) is 2.91. The van der Waals surface area contributed by atoms with E-state index in [1.807, 2.05) is 13.0 Å². The van der Waals surface area contributed by atoms with Crippen LogP contribution in [0.15, 0.2) is 41.0 Å². The van der Waals surface area contributed by atoms with Crippen LogP contribution in [0, 0.1) is 11.6 Å². The van der Waals surface area contributed by atoms with Crippen LogP contribution in [-0.2, 0) is 6.42 Å². The van der Waals surface area contributed by atoms with Gasteiger partial charge in [0.1, 0.15) is 17.4 Å². The van der Waals surface area contributed by atoms with Gasteiger partial charge >= 0.3 is 0 Å². The molecule has 3 nitrogen and oxygen atoms in total. The normalized spacial score (nSPS) is 12.2. The predicted molar refractivity (Wildman–Crippen MR) is 70.3 cm³/mol. The van der Waals surface area contributed by atoms with E-state index < -0.39 is 17.5 Å². The van der Waals surface area contributed by atoms with Crippen LogP contribution in [-0.4, -0.2) is 11.9 Å². The number of hydrogen-bond donors (Lipinski definition) is 1. The lowest BCUT2D eigenvalue weighted by Gasteiger charge is -2.13. The van der Waals surface area contributed by atoms with Gasteiger partial charge < -0.3 is 9.73 Å². The van der Waals surface area contributed by atoms with Crippen molar-refractivity contribution in [2.24, 2.45) is 0 Å². The maximum Gasteiger partial charge on any atom is 0.251 e. The first kappa shape index (κ1) is 14.2. The molecule has 0 radical (unpaired) electrons. The van der Waals surface area contributed by atoms with E-state index >= 15 is 0 Å². The molecular weight excluding hydrogens is 264 g/mol. The van der Waals surface area contributed by atoms with Gasteiger partial charge in [0.15, 0.2) is 0 Å². The Balaban J connectivity index is 1.90. The molecular formula is C15H15F2NO2. The molecule has 2 aromatic rings. The van der Waals surface area contributed by atoms with E-state index in [9.17, 15) is 13.6 Å². The zero-order valence-corrected chi connectivity index (χ0v) is 11.0. The first-order valence-electron chi connectivity index (χ1n) is 6.34. The quantitative estimate of drug-likeness (QED) is 0.912. The third kappa shape index (κ3) is 3.91. The molecule has 20 heavy (non-hydrogen) atoms. The molecule has 2 rings (SSSR count). The molecule has 0 saturated heterocycles. The van der Waals surface area contributed by atoms with Gasteiger partial charge in [0, 0.05) is 24.1 Å². The summed E-state index contributed by atoms with van der Waals surface area (Å²) in [6.45, 7) is 1.83. The molecule has 1 unspecified atom stereocenters. The number of carbonyl (C=O) groups is 1. The topological polar surface area (TPSA) is 42.2 Å². The van der Waals surface area contributed by atoms with Gasteiger partial charge in [0.2, 0.25) is 0 Å². The van der Waals surface area contributed by atoms with E-state index in [4.69, 9.17) is 4.42 Å². The second kappa shape index (κ2) is 6.32. The summed E-state index contributed by atoms with van der Waals surface area (Å²) in [6.07, 6.45) is 2.96. The Kier molecular flexibility index (Phi) is 4.50. The Hall–Kier alpha value is -2.17. The minimum Gasteiger partial charge on any atom is -0.469 e. The summed E-state index contributed by atoms with van der Waals surface area (Å²) in [7, 11) is 0. The summed E-state index contributed by atoms with van der Waals surface area (Å²) in [6, 6.07) is 6.29. The fraction of sp³-hybridized carbons (Fsp3) is 0.267. The van der Waals surface area contributed by atoms with Crippen LogP contribution in [0.3, 0.4) is 0 Å². The lowest BCUT2D eigenvalue weighted by Crippen LogP contribution is -2.33. The molecule has 1 heterocycles. The van der Waals surface area contributed by atoms with Crippen LogP contribution < -0.4 is 5.32 Å². The summed E-state index contributed by atoms with van der Waals surface area (Å²) in [5.74, 6) is -1.19. The zero-order valence-electron chi connectivity index (χ0n) is 11.0. The van der Waals surface area contributed by atoms with Crippen molar-refractivity contribution in [2.45, 2.75) is 25.8 Å². The van der Waals surface area contributed by atoms with Gasteiger partial charge in [-0.1, -0.05) is 0 Å². The van der Waals surface area contributed by atoms with Gasteiger partial charge in [0.05, 0.1) is 6.26 Å². The van der Waals surface area contributed by atoms with Gasteiger partial charge in [-0.25, -0.2) is 8.78 Å². The standard InChI is InChI=1S/C15H15F2NO2/c1-10(4-5-14-3-2-6-20-14)18-15(19)11-7-12(16)9-13(17)8-11/h2-3,6-10H,4-5H2,1H3,(H,18,19). The van der Waals surface area contributed by atoms with Gasteiger partial charge in [0.25, 0.3) is 5.91 Å². The van der Waals surface area contributed by atoms with Gasteiger partial charge in [-0.3, -0.25) is 4.79 Å². The van der Waals surface area contributed by atoms with Gasteiger partial charge in [-0.15, -0.1) is 0 Å². The summed E-state index contributed by atoms with van der Waals surface area (Å²) in [5.41, 5.74) is -0.0210. The average Bonchev–Trinajstić information content (AvgIpc) is 2.88. The van der Waals surface area contributed by atoms with Crippen LogP contribution in [0.2, 0.25) is 0 Å². The van der Waals surface area contributed by atoms with E-state index in [0.717, 1.165) is 24.0 Å². The van der Waals surface area contributed by atoms with Gasteiger partial charge in [-0.2, -0.15) is 0 Å². The number of aryl methyl sites for hydroxylation is 1. The molecule has 0 aliphatic carbocycles. The van der Waals surface area contributed by atoms with Crippen molar-refractivity contribution in [3.63, 3.8) is 0 Å². The molecule has 0 aliphatic heterocycles. The van der Waals surface area contributed by atoms with Crippen molar-refractivity contribution < 1.29 is 18.0 Å². The van der Waals surface area contributed by atoms with E-state index in [2.05, 4.69) is 5.32 Å². The maximum atomic E-state index is 13.0. The van der Waals surface area contributed by atoms with Crippen molar-refractivity contribution in [1.29, 1.82) is 0 Å². The summed E-state index contributed by atoms with van der Waals surface area (Å²) in [4.78, 5) is 11.9. The van der Waals surface area contributed by atoms with Crippen molar-refractivity contribution in [3.05, 3.63) is 59.6 Å². The number of nitrogens with one attached hydrogen (secondary N) is 1. The predicted octanol–water partition coefficient (Wildman–Crippen LogP) is 3.31. The monoisotopic (exact) mass is 279 g/mol. The number of halogens is 2. The largest absolute Gasteiger partial charge is 0.469 e. The molecule has 1 aromatic carbocycles. The second-order valence-corrected chi connectivity index (χ2v) is 4.65. The van der Waals surface area contributed by atoms with Crippen molar-refractivity contribution in [3.8, 4) is 0 Å². The van der Waals surface area contributed by atoms with Crippen LogP contribution in [0.1, 0.15) is 29.5 Å². The fourth-order valence-corrected chi connectivity index (χ4v) is 1.88. The molecule has 1 atom stereocenters. The number of furan rings is 1. The first-order chi connectivity index (χ1) is 9.54. The second-order valence-electron chi connectivity index (χ2n) is 4.65. The van der Waals surface area contributed by atoms with Crippen molar-refractivity contribution in [2.75, 3.05) is 0 Å². The molecule has 1 N–H and O–H groups in total. The van der Waals surface area contributed by atoms with E-state index in [1.165, 1.54) is 0 Å². The molecule has 0 fully saturated rings. The third-order valence-corrected chi connectivity index (χ3v) is 2.91. The lowest BCUT2D eigenvalue weighted by atomic mass is 10.1. The fourth-order valence-electron chi connectivity index (χ4n) is 1.88. The molecule has 0 saturated carbocycles. The number of hydrogen-bond acceptors (Lipinski definition) is 2. The van der Waals surface area contributed by atoms with Crippen LogP contribution in [0.5, 0.6) is 0 Å². The Morgan fingerprint density at radius 1 is 1.30 bits per heavy atom. The van der Waals surface area contributed by atoms with Crippen LogP contribution in [0.25, 0.3) is 0 Å². The highest BCUT2D eigenvalue weighted by molar-refractivity contribution is 5.94. The highest BCUT2D eigenvalue weighted by atomic mass is 19.1. The van der Waals surface area contributed by atoms with E-state index in [0.29, 0.717) is 12.8 Å². The summed E-state index contributed by atoms with van der Waals surface area (Å²) in [5, 5.41) is 2.70. The number of rotatable bonds is 5. The Morgan fingerprint density at radius 3 is 2.60 bits per heavy atom. The number of amides is 1. The van der Waals surface area contributed by atoms with Crippen LogP contribution in [0.4, 0.5) is 8.78 Å². The highest BCUT2D eigenvalue weighted by Crippen LogP contribution is 2.09. The zero-order chi connectivity index (χ0) is 14.5. The van der Waals surface area contributed by atoms with E-state index in [1.54, 1.807) is 12.3 Å². The first-order valence-corrected chi connectivity index (χ1v) is 6.34. The number of benzene rings is 1. The van der Waals surface area contributed by atoms with E-state index in [-0.39, 0.29) is 11.6 Å². The van der Waals surface area contributed by atoms with Gasteiger partial charge in [-0.05, 0) is 37.6 Å². The molecule has 1 amide bonds. The average molecular weight is 279 g/mol. The Morgan fingerprint density at radius 2 is 2.00 bits per heavy atom. The Bertz CT molecular complexity index is 561. The lowest BCUT2D eigenvalue weighted by molar-refractivity contribution is 0.0937. The molecule has 0 spiro atoms. The maximum absolute atomic E-state index is 13.0. The number of carbonyl (C=O) groups excluding carboxylic acids is 1.